The van der Waals surface area contributed by atoms with Crippen molar-refractivity contribution in [1.82, 2.24) is 9.97 Å². The Morgan fingerprint density at radius 3 is 2.75 bits per heavy atom. The first-order valence-electron chi connectivity index (χ1n) is 3.51. The quantitative estimate of drug-likeness (QED) is 0.501. The predicted molar refractivity (Wildman–Crippen MR) is 45.9 cm³/mol. The van der Waals surface area contributed by atoms with E-state index in [1.165, 1.54) is 5.01 Å². The van der Waals surface area contributed by atoms with Crippen LogP contribution in [0.3, 0.4) is 0 Å². The number of aryl methyl sites for hydroxylation is 1. The molecule has 1 aromatic rings. The van der Waals surface area contributed by atoms with Crippen LogP contribution in [0.4, 0.5) is 5.69 Å². The lowest BCUT2D eigenvalue weighted by Crippen LogP contribution is -2.26. The van der Waals surface area contributed by atoms with Gasteiger partial charge in [0.25, 0.3) is 0 Å². The second-order valence-corrected chi connectivity index (χ2v) is 2.42. The van der Waals surface area contributed by atoms with Gasteiger partial charge in [-0.1, -0.05) is 0 Å². The Morgan fingerprint density at radius 2 is 2.25 bits per heavy atom. The summed E-state index contributed by atoms with van der Waals surface area (Å²) < 4.78 is 5.01. The molecule has 0 aliphatic carbocycles. The van der Waals surface area contributed by atoms with E-state index >= 15 is 0 Å². The molecule has 0 amide bonds. The van der Waals surface area contributed by atoms with Crippen molar-refractivity contribution in [2.45, 2.75) is 6.92 Å². The van der Waals surface area contributed by atoms with Gasteiger partial charge in [-0.2, -0.15) is 4.98 Å². The summed E-state index contributed by atoms with van der Waals surface area (Å²) in [5, 5.41) is 1.41. The van der Waals surface area contributed by atoms with E-state index in [0.717, 1.165) is 0 Å². The molecule has 2 N–H and O–H groups in total. The van der Waals surface area contributed by atoms with Gasteiger partial charge in [-0.15, -0.1) is 0 Å². The van der Waals surface area contributed by atoms with Crippen LogP contribution in [0.2, 0.25) is 0 Å². The standard InChI is InChI=1S/C7H12N4O/c1-5-9-4-6(11(2)8)7(10-5)12-3/h4H,8H2,1-3H3. The fraction of sp³-hybridized carbons (Fsp3) is 0.429. The van der Waals surface area contributed by atoms with E-state index in [1.54, 1.807) is 27.3 Å². The minimum Gasteiger partial charge on any atom is -0.479 e. The Balaban J connectivity index is 3.11. The number of rotatable bonds is 2. The van der Waals surface area contributed by atoms with Crippen LogP contribution in [0.5, 0.6) is 5.88 Å². The number of anilines is 1. The molecule has 1 heterocycles. The van der Waals surface area contributed by atoms with Crippen molar-refractivity contribution in [3.05, 3.63) is 12.0 Å². The van der Waals surface area contributed by atoms with E-state index in [4.69, 9.17) is 10.6 Å². The molecule has 5 nitrogen and oxygen atoms in total. The van der Waals surface area contributed by atoms with Crippen LogP contribution in [0, 0.1) is 6.92 Å². The molecule has 1 aromatic heterocycles. The Hall–Kier alpha value is -1.36. The highest BCUT2D eigenvalue weighted by molar-refractivity contribution is 5.51. The second kappa shape index (κ2) is 3.36. The average Bonchev–Trinajstić information content (AvgIpc) is 2.03. The molecule has 1 rings (SSSR count). The third kappa shape index (κ3) is 1.62. The molecule has 0 fully saturated rings. The zero-order chi connectivity index (χ0) is 9.14. The summed E-state index contributed by atoms with van der Waals surface area (Å²) in [4.78, 5) is 8.05. The third-order valence-electron chi connectivity index (χ3n) is 1.43. The number of hydrazine groups is 1. The molecule has 66 valence electrons. The molecule has 0 aromatic carbocycles. The van der Waals surface area contributed by atoms with Crippen LogP contribution in [0.15, 0.2) is 6.20 Å². The van der Waals surface area contributed by atoms with Gasteiger partial charge in [0.2, 0.25) is 5.88 Å². The SMILES string of the molecule is COc1nc(C)ncc1N(C)N. The van der Waals surface area contributed by atoms with E-state index in [0.29, 0.717) is 17.4 Å². The lowest BCUT2D eigenvalue weighted by atomic mass is 10.5. The lowest BCUT2D eigenvalue weighted by Gasteiger charge is -2.14. The molecule has 0 atom stereocenters. The number of methoxy groups -OCH3 is 1. The molecule has 0 radical (unpaired) electrons. The smallest absolute Gasteiger partial charge is 0.242 e. The highest BCUT2D eigenvalue weighted by Gasteiger charge is 2.06. The molecular weight excluding hydrogens is 156 g/mol. The number of hydrogen-bond acceptors (Lipinski definition) is 5. The first kappa shape index (κ1) is 8.73. The van der Waals surface area contributed by atoms with Gasteiger partial charge in [-0.25, -0.2) is 10.8 Å². The van der Waals surface area contributed by atoms with Crippen LogP contribution in [0.25, 0.3) is 0 Å². The molecule has 0 aliphatic rings. The van der Waals surface area contributed by atoms with E-state index in [-0.39, 0.29) is 0 Å². The molecule has 0 unspecified atom stereocenters. The van der Waals surface area contributed by atoms with Crippen molar-refractivity contribution in [3.8, 4) is 5.88 Å². The van der Waals surface area contributed by atoms with Crippen molar-refractivity contribution in [2.75, 3.05) is 19.2 Å². The number of nitrogens with two attached hydrogens (primary N) is 1. The Morgan fingerprint density at radius 1 is 1.58 bits per heavy atom. The molecule has 5 heteroatoms. The Labute approximate surface area is 71.1 Å². The maximum absolute atomic E-state index is 5.51. The van der Waals surface area contributed by atoms with Gasteiger partial charge in [0.05, 0.1) is 13.3 Å². The monoisotopic (exact) mass is 168 g/mol. The summed E-state index contributed by atoms with van der Waals surface area (Å²) in [5.74, 6) is 6.67. The van der Waals surface area contributed by atoms with E-state index in [9.17, 15) is 0 Å². The summed E-state index contributed by atoms with van der Waals surface area (Å²) in [7, 11) is 3.26. The third-order valence-corrected chi connectivity index (χ3v) is 1.43. The second-order valence-electron chi connectivity index (χ2n) is 2.42. The van der Waals surface area contributed by atoms with Gasteiger partial charge in [0.1, 0.15) is 11.5 Å². The molecule has 12 heavy (non-hydrogen) atoms. The number of hydrogen-bond donors (Lipinski definition) is 1. The van der Waals surface area contributed by atoms with Crippen LogP contribution in [-0.2, 0) is 0 Å². The first-order chi connectivity index (χ1) is 5.65. The van der Waals surface area contributed by atoms with Crippen molar-refractivity contribution in [2.24, 2.45) is 5.84 Å². The topological polar surface area (TPSA) is 64.3 Å². The fourth-order valence-corrected chi connectivity index (χ4v) is 0.835. The number of ether oxygens (including phenoxy) is 1. The molecular formula is C7H12N4O. The van der Waals surface area contributed by atoms with Crippen LogP contribution >= 0.6 is 0 Å². The van der Waals surface area contributed by atoms with Crippen molar-refractivity contribution in [3.63, 3.8) is 0 Å². The summed E-state index contributed by atoms with van der Waals surface area (Å²) in [5.41, 5.74) is 0.670. The van der Waals surface area contributed by atoms with Gasteiger partial charge in [-0.3, -0.25) is 0 Å². The Kier molecular flexibility index (Phi) is 2.44. The van der Waals surface area contributed by atoms with Gasteiger partial charge >= 0.3 is 0 Å². The van der Waals surface area contributed by atoms with E-state index < -0.39 is 0 Å². The summed E-state index contributed by atoms with van der Waals surface area (Å²) in [6, 6.07) is 0. The average molecular weight is 168 g/mol. The normalized spacial score (nSPS) is 9.67. The van der Waals surface area contributed by atoms with Gasteiger partial charge < -0.3 is 9.75 Å². The van der Waals surface area contributed by atoms with Crippen molar-refractivity contribution >= 4 is 5.69 Å². The molecule has 0 saturated heterocycles. The minimum absolute atomic E-state index is 0.493. The van der Waals surface area contributed by atoms with Crippen LogP contribution in [-0.4, -0.2) is 24.1 Å². The van der Waals surface area contributed by atoms with Crippen LogP contribution < -0.4 is 15.6 Å². The highest BCUT2D eigenvalue weighted by atomic mass is 16.5. The van der Waals surface area contributed by atoms with Crippen LogP contribution in [0.1, 0.15) is 5.82 Å². The molecule has 0 spiro atoms. The number of nitrogens with zero attached hydrogens (tertiary/aromatic N) is 3. The zero-order valence-corrected chi connectivity index (χ0v) is 7.40. The van der Waals surface area contributed by atoms with E-state index in [1.807, 2.05) is 0 Å². The van der Waals surface area contributed by atoms with Crippen molar-refractivity contribution < 1.29 is 4.74 Å². The maximum Gasteiger partial charge on any atom is 0.242 e. The van der Waals surface area contributed by atoms with Gasteiger partial charge in [0.15, 0.2) is 0 Å². The van der Waals surface area contributed by atoms with Gasteiger partial charge in [-0.05, 0) is 6.92 Å². The molecule has 0 aliphatic heterocycles. The summed E-state index contributed by atoms with van der Waals surface area (Å²) in [6.45, 7) is 1.79. The van der Waals surface area contributed by atoms with Crippen molar-refractivity contribution in [1.29, 1.82) is 0 Å². The minimum atomic E-state index is 0.493. The summed E-state index contributed by atoms with van der Waals surface area (Å²) in [6.07, 6.45) is 1.63. The largest absolute Gasteiger partial charge is 0.479 e. The Bertz CT molecular complexity index is 274. The summed E-state index contributed by atoms with van der Waals surface area (Å²) >= 11 is 0. The molecule has 0 saturated carbocycles. The zero-order valence-electron chi connectivity index (χ0n) is 7.40. The number of aromatic nitrogens is 2. The lowest BCUT2D eigenvalue weighted by molar-refractivity contribution is 0.396. The van der Waals surface area contributed by atoms with E-state index in [2.05, 4.69) is 9.97 Å². The first-order valence-corrected chi connectivity index (χ1v) is 3.51. The predicted octanol–water partition coefficient (Wildman–Crippen LogP) is 0.104. The maximum atomic E-state index is 5.51. The van der Waals surface area contributed by atoms with Gasteiger partial charge in [0, 0.05) is 7.05 Å². The highest BCUT2D eigenvalue weighted by Crippen LogP contribution is 2.20. The fourth-order valence-electron chi connectivity index (χ4n) is 0.835. The molecule has 0 bridgehead atoms.